The van der Waals surface area contributed by atoms with Crippen molar-refractivity contribution in [2.24, 2.45) is 0 Å². The van der Waals surface area contributed by atoms with Gasteiger partial charge in [0.2, 0.25) is 0 Å². The van der Waals surface area contributed by atoms with Gasteiger partial charge < -0.3 is 0 Å². The second-order valence-electron chi connectivity index (χ2n) is 4.61. The summed E-state index contributed by atoms with van der Waals surface area (Å²) in [6.07, 6.45) is -2.61. The molecule has 0 aliphatic heterocycles. The summed E-state index contributed by atoms with van der Waals surface area (Å²) in [5.41, 5.74) is 1.89. The Kier molecular flexibility index (Phi) is 2.78. The SMILES string of the molecule is Cc1cccc2cnn(-c3ccc(C(F)(F)F)cc3)c12. The Morgan fingerprint density at radius 3 is 2.35 bits per heavy atom. The minimum atomic E-state index is -4.32. The van der Waals surface area contributed by atoms with Crippen LogP contribution >= 0.6 is 0 Å². The van der Waals surface area contributed by atoms with Crippen LogP contribution in [0.25, 0.3) is 16.6 Å². The number of para-hydroxylation sites is 1. The molecule has 2 nitrogen and oxygen atoms in total. The minimum absolute atomic E-state index is 0.613. The maximum absolute atomic E-state index is 12.6. The van der Waals surface area contributed by atoms with Gasteiger partial charge in [0.05, 0.1) is 23.0 Å². The molecule has 0 aliphatic rings. The molecule has 1 heterocycles. The van der Waals surface area contributed by atoms with Crippen LogP contribution in [0.3, 0.4) is 0 Å². The van der Waals surface area contributed by atoms with Gasteiger partial charge in [-0.1, -0.05) is 18.2 Å². The molecule has 0 aliphatic carbocycles. The first kappa shape index (κ1) is 12.7. The number of halogens is 3. The Labute approximate surface area is 113 Å². The summed E-state index contributed by atoms with van der Waals surface area (Å²) in [5, 5.41) is 5.22. The van der Waals surface area contributed by atoms with Crippen LogP contribution in [-0.2, 0) is 6.18 Å². The molecule has 0 radical (unpaired) electrons. The topological polar surface area (TPSA) is 17.8 Å². The van der Waals surface area contributed by atoms with Crippen LogP contribution in [0.5, 0.6) is 0 Å². The molecule has 0 bridgehead atoms. The average Bonchev–Trinajstić information content (AvgIpc) is 2.83. The lowest BCUT2D eigenvalue weighted by atomic mass is 10.1. The Morgan fingerprint density at radius 2 is 1.70 bits per heavy atom. The maximum atomic E-state index is 12.6. The third-order valence-corrected chi connectivity index (χ3v) is 3.23. The number of benzene rings is 2. The van der Waals surface area contributed by atoms with E-state index in [0.29, 0.717) is 5.69 Å². The third kappa shape index (κ3) is 2.05. The van der Waals surface area contributed by atoms with Crippen LogP contribution in [0.4, 0.5) is 13.2 Å². The van der Waals surface area contributed by atoms with Crippen molar-refractivity contribution in [2.45, 2.75) is 13.1 Å². The van der Waals surface area contributed by atoms with Crippen LogP contribution < -0.4 is 0 Å². The third-order valence-electron chi connectivity index (χ3n) is 3.23. The number of hydrogen-bond acceptors (Lipinski definition) is 1. The highest BCUT2D eigenvalue weighted by Gasteiger charge is 2.30. The lowest BCUT2D eigenvalue weighted by Crippen LogP contribution is -2.05. The van der Waals surface area contributed by atoms with Gasteiger partial charge in [0.1, 0.15) is 0 Å². The van der Waals surface area contributed by atoms with Crippen molar-refractivity contribution in [1.82, 2.24) is 9.78 Å². The maximum Gasteiger partial charge on any atom is 0.416 e. The van der Waals surface area contributed by atoms with Gasteiger partial charge in [-0.25, -0.2) is 4.68 Å². The summed E-state index contributed by atoms with van der Waals surface area (Å²) < 4.78 is 39.3. The highest BCUT2D eigenvalue weighted by molar-refractivity contribution is 5.83. The van der Waals surface area contributed by atoms with Crippen LogP contribution in [0.1, 0.15) is 11.1 Å². The number of hydrogen-bond donors (Lipinski definition) is 0. The monoisotopic (exact) mass is 276 g/mol. The molecule has 2 aromatic carbocycles. The molecular weight excluding hydrogens is 265 g/mol. The van der Waals surface area contributed by atoms with E-state index < -0.39 is 11.7 Å². The fraction of sp³-hybridized carbons (Fsp3) is 0.133. The van der Waals surface area contributed by atoms with E-state index in [1.165, 1.54) is 12.1 Å². The molecule has 3 rings (SSSR count). The smallest absolute Gasteiger partial charge is 0.233 e. The van der Waals surface area contributed by atoms with E-state index in [1.807, 2.05) is 25.1 Å². The Morgan fingerprint density at radius 1 is 1.00 bits per heavy atom. The summed E-state index contributed by atoms with van der Waals surface area (Å²) in [4.78, 5) is 0. The highest BCUT2D eigenvalue weighted by atomic mass is 19.4. The number of aromatic nitrogens is 2. The number of aryl methyl sites for hydroxylation is 1. The van der Waals surface area contributed by atoms with Crippen LogP contribution in [0.2, 0.25) is 0 Å². The summed E-state index contributed by atoms with van der Waals surface area (Å²) in [7, 11) is 0. The van der Waals surface area contributed by atoms with Crippen molar-refractivity contribution in [2.75, 3.05) is 0 Å². The highest BCUT2D eigenvalue weighted by Crippen LogP contribution is 2.30. The van der Waals surface area contributed by atoms with Gasteiger partial charge in [-0.15, -0.1) is 0 Å². The number of nitrogens with zero attached hydrogens (tertiary/aromatic N) is 2. The molecule has 3 aromatic rings. The fourth-order valence-corrected chi connectivity index (χ4v) is 2.24. The van der Waals surface area contributed by atoms with Gasteiger partial charge in [-0.3, -0.25) is 0 Å². The summed E-state index contributed by atoms with van der Waals surface area (Å²) in [5.74, 6) is 0. The minimum Gasteiger partial charge on any atom is -0.233 e. The van der Waals surface area contributed by atoms with Gasteiger partial charge >= 0.3 is 6.18 Å². The zero-order valence-corrected chi connectivity index (χ0v) is 10.6. The van der Waals surface area contributed by atoms with Crippen molar-refractivity contribution in [3.8, 4) is 5.69 Å². The van der Waals surface area contributed by atoms with Crippen molar-refractivity contribution < 1.29 is 13.2 Å². The van der Waals surface area contributed by atoms with Crippen molar-refractivity contribution in [3.05, 3.63) is 59.8 Å². The lowest BCUT2D eigenvalue weighted by molar-refractivity contribution is -0.137. The number of alkyl halides is 3. The van der Waals surface area contributed by atoms with E-state index in [-0.39, 0.29) is 0 Å². The molecule has 0 fully saturated rings. The van der Waals surface area contributed by atoms with E-state index in [1.54, 1.807) is 10.9 Å². The number of fused-ring (bicyclic) bond motifs is 1. The van der Waals surface area contributed by atoms with Crippen LogP contribution in [0, 0.1) is 6.92 Å². The standard InChI is InChI=1S/C15H11F3N2/c1-10-3-2-4-11-9-19-20(14(10)11)13-7-5-12(6-8-13)15(16,17)18/h2-9H,1H3. The molecule has 0 saturated heterocycles. The van der Waals surface area contributed by atoms with Gasteiger partial charge in [-0.05, 0) is 36.8 Å². The molecule has 0 unspecified atom stereocenters. The molecule has 0 spiro atoms. The summed E-state index contributed by atoms with van der Waals surface area (Å²) in [6.45, 7) is 1.95. The molecule has 0 amide bonds. The molecule has 5 heteroatoms. The normalized spacial score (nSPS) is 12.0. The van der Waals surface area contributed by atoms with Crippen molar-refractivity contribution in [1.29, 1.82) is 0 Å². The zero-order chi connectivity index (χ0) is 14.3. The predicted molar refractivity (Wildman–Crippen MR) is 70.8 cm³/mol. The Balaban J connectivity index is 2.12. The van der Waals surface area contributed by atoms with Gasteiger partial charge in [0.25, 0.3) is 0 Å². The van der Waals surface area contributed by atoms with Gasteiger partial charge in [0, 0.05) is 5.39 Å². The zero-order valence-electron chi connectivity index (χ0n) is 10.6. The average molecular weight is 276 g/mol. The van der Waals surface area contributed by atoms with Crippen LogP contribution in [-0.4, -0.2) is 9.78 Å². The summed E-state index contributed by atoms with van der Waals surface area (Å²) in [6, 6.07) is 10.8. The fourth-order valence-electron chi connectivity index (χ4n) is 2.24. The van der Waals surface area contributed by atoms with E-state index in [2.05, 4.69) is 5.10 Å². The van der Waals surface area contributed by atoms with Crippen molar-refractivity contribution in [3.63, 3.8) is 0 Å². The van der Waals surface area contributed by atoms with Crippen LogP contribution in [0.15, 0.2) is 48.7 Å². The Hall–Kier alpha value is -2.30. The molecular formula is C15H11F3N2. The predicted octanol–water partition coefficient (Wildman–Crippen LogP) is 4.35. The summed E-state index contributed by atoms with van der Waals surface area (Å²) >= 11 is 0. The van der Waals surface area contributed by atoms with Crippen molar-refractivity contribution >= 4 is 10.9 Å². The van der Waals surface area contributed by atoms with E-state index in [0.717, 1.165) is 28.6 Å². The first-order valence-corrected chi connectivity index (χ1v) is 6.08. The molecule has 0 atom stereocenters. The lowest BCUT2D eigenvalue weighted by Gasteiger charge is -2.09. The van der Waals surface area contributed by atoms with Gasteiger partial charge in [-0.2, -0.15) is 18.3 Å². The molecule has 20 heavy (non-hydrogen) atoms. The van der Waals surface area contributed by atoms with Gasteiger partial charge in [0.15, 0.2) is 0 Å². The molecule has 102 valence electrons. The first-order valence-electron chi connectivity index (χ1n) is 6.08. The first-order chi connectivity index (χ1) is 9.47. The largest absolute Gasteiger partial charge is 0.416 e. The molecule has 1 aromatic heterocycles. The Bertz CT molecular complexity index is 755. The molecule has 0 N–H and O–H groups in total. The van der Waals surface area contributed by atoms with E-state index in [9.17, 15) is 13.2 Å². The quantitative estimate of drug-likeness (QED) is 0.646. The number of rotatable bonds is 1. The second-order valence-corrected chi connectivity index (χ2v) is 4.61. The molecule has 0 saturated carbocycles. The van der Waals surface area contributed by atoms with E-state index >= 15 is 0 Å². The second kappa shape index (κ2) is 4.37. The van der Waals surface area contributed by atoms with E-state index in [4.69, 9.17) is 0 Å².